The van der Waals surface area contributed by atoms with Crippen molar-refractivity contribution in [3.8, 4) is 11.5 Å². The fourth-order valence-electron chi connectivity index (χ4n) is 5.10. The molecule has 0 unspecified atom stereocenters. The Morgan fingerprint density at radius 3 is 2.71 bits per heavy atom. The Morgan fingerprint density at radius 2 is 1.98 bits per heavy atom. The molecule has 5 aromatic rings. The number of anilines is 2. The van der Waals surface area contributed by atoms with Crippen LogP contribution >= 0.6 is 0 Å². The highest BCUT2D eigenvalue weighted by atomic mass is 32.2. The first-order chi connectivity index (χ1) is 20.3. The van der Waals surface area contributed by atoms with Crippen molar-refractivity contribution in [1.29, 1.82) is 0 Å². The van der Waals surface area contributed by atoms with Gasteiger partial charge < -0.3 is 24.9 Å². The molecule has 15 heteroatoms. The predicted octanol–water partition coefficient (Wildman–Crippen LogP) is 2.13. The minimum absolute atomic E-state index is 0.139. The van der Waals surface area contributed by atoms with Gasteiger partial charge in [-0.2, -0.15) is 19.7 Å². The highest BCUT2D eigenvalue weighted by Gasteiger charge is 2.24. The number of carbonyl (C=O) groups is 1. The molecule has 1 atom stereocenters. The zero-order valence-electron chi connectivity index (χ0n) is 22.8. The summed E-state index contributed by atoms with van der Waals surface area (Å²) in [5, 5.41) is 12.4. The van der Waals surface area contributed by atoms with E-state index in [0.717, 1.165) is 17.0 Å². The number of aromatic nitrogens is 5. The van der Waals surface area contributed by atoms with Crippen molar-refractivity contribution in [1.82, 2.24) is 34.6 Å². The first kappa shape index (κ1) is 27.9. The van der Waals surface area contributed by atoms with Gasteiger partial charge >= 0.3 is 0 Å². The summed E-state index contributed by atoms with van der Waals surface area (Å²) in [7, 11) is 0. The van der Waals surface area contributed by atoms with E-state index in [1.807, 2.05) is 17.0 Å². The molecule has 1 fully saturated rings. The number of rotatable bonds is 9. The minimum Gasteiger partial charge on any atom is -0.617 e. The Labute approximate surface area is 242 Å². The molecule has 1 amide bonds. The van der Waals surface area contributed by atoms with Crippen LogP contribution in [-0.2, 0) is 17.7 Å². The van der Waals surface area contributed by atoms with Gasteiger partial charge in [0, 0.05) is 38.8 Å². The van der Waals surface area contributed by atoms with Crippen LogP contribution in [0.15, 0.2) is 47.2 Å². The second-order valence-corrected chi connectivity index (χ2v) is 11.6. The summed E-state index contributed by atoms with van der Waals surface area (Å²) in [5.74, 6) is -1.20. The molecule has 1 aromatic carbocycles. The summed E-state index contributed by atoms with van der Waals surface area (Å²) in [6, 6.07) is 7.50. The molecule has 1 aliphatic rings. The van der Waals surface area contributed by atoms with Gasteiger partial charge in [-0.1, -0.05) is 11.2 Å². The quantitative estimate of drug-likeness (QED) is 0.244. The molecule has 1 aliphatic heterocycles. The van der Waals surface area contributed by atoms with Crippen molar-refractivity contribution in [3.63, 3.8) is 0 Å². The summed E-state index contributed by atoms with van der Waals surface area (Å²) in [6.07, 6.45) is 4.85. The highest BCUT2D eigenvalue weighted by molar-refractivity contribution is 7.90. The average Bonchev–Trinajstić information content (AvgIpc) is 3.72. The van der Waals surface area contributed by atoms with Gasteiger partial charge in [-0.05, 0) is 24.3 Å². The number of hydrogen-bond donors (Lipinski definition) is 2. The number of fused-ring (bicyclic) bond motifs is 3. The number of amides is 1. The van der Waals surface area contributed by atoms with Crippen LogP contribution < -0.4 is 16.0 Å². The molecule has 12 nitrogen and oxygen atoms in total. The molecular formula is C27H29F2N9O3S. The van der Waals surface area contributed by atoms with Crippen molar-refractivity contribution in [2.75, 3.05) is 61.9 Å². The predicted molar refractivity (Wildman–Crippen MR) is 155 cm³/mol. The van der Waals surface area contributed by atoms with Crippen molar-refractivity contribution >= 4 is 45.3 Å². The molecule has 0 saturated carbocycles. The van der Waals surface area contributed by atoms with E-state index < -0.39 is 28.7 Å². The van der Waals surface area contributed by atoms with Crippen molar-refractivity contribution in [2.24, 2.45) is 0 Å². The van der Waals surface area contributed by atoms with Gasteiger partial charge in [-0.25, -0.2) is 13.5 Å². The van der Waals surface area contributed by atoms with E-state index in [2.05, 4.69) is 25.4 Å². The number of furan rings is 1. The SMILES string of the molecule is C[S@+]([O-])CCNC(=O)c1cc(N2CCN(CCn3ncc4c3nc(N)n3nc(-c5ccco5)cc43)CC2)c(F)cc1F. The second-order valence-electron chi connectivity index (χ2n) is 10.0. The number of piperazine rings is 1. The van der Waals surface area contributed by atoms with Crippen LogP contribution in [0.3, 0.4) is 0 Å². The van der Waals surface area contributed by atoms with E-state index in [1.54, 1.807) is 27.7 Å². The van der Waals surface area contributed by atoms with E-state index in [0.29, 0.717) is 56.4 Å². The third-order valence-electron chi connectivity index (χ3n) is 7.31. The number of benzene rings is 1. The van der Waals surface area contributed by atoms with E-state index >= 15 is 0 Å². The molecule has 0 bridgehead atoms. The molecule has 3 N–H and O–H groups in total. The van der Waals surface area contributed by atoms with Gasteiger partial charge in [-0.15, -0.1) is 0 Å². The lowest BCUT2D eigenvalue weighted by Gasteiger charge is -2.36. The Morgan fingerprint density at radius 1 is 1.17 bits per heavy atom. The normalized spacial score (nSPS) is 15.1. The number of nitrogens with zero attached hydrogens (tertiary/aromatic N) is 7. The van der Waals surface area contributed by atoms with E-state index in [9.17, 15) is 18.1 Å². The standard InChI is InChI=1S/C27H29F2N9O3S/c1-42(40)12-4-31-26(39)17-13-23(20(29)14-19(17)28)36-8-5-35(6-9-36)7-10-37-25-18(16-32-37)22-15-21(24-3-2-11-41-24)34-38(22)27(30)33-25/h2-3,11,13-16H,4-10,12H2,1H3,(H2,30,33)(H,31,39)/t42-/m0/s1. The molecule has 42 heavy (non-hydrogen) atoms. The van der Waals surface area contributed by atoms with Crippen molar-refractivity contribution < 1.29 is 22.5 Å². The molecule has 220 valence electrons. The number of nitrogens with two attached hydrogens (primary N) is 1. The fraction of sp³-hybridized carbons (Fsp3) is 0.333. The lowest BCUT2D eigenvalue weighted by molar-refractivity contribution is 0.0952. The summed E-state index contributed by atoms with van der Waals surface area (Å²) in [5.41, 5.74) is 8.23. The van der Waals surface area contributed by atoms with Gasteiger partial charge in [0.05, 0.1) is 54.0 Å². The molecule has 1 saturated heterocycles. The van der Waals surface area contributed by atoms with Crippen molar-refractivity contribution in [3.05, 3.63) is 60.0 Å². The van der Waals surface area contributed by atoms with Gasteiger partial charge in [0.15, 0.2) is 11.4 Å². The molecule has 0 radical (unpaired) electrons. The number of nitrogen functional groups attached to an aromatic ring is 1. The van der Waals surface area contributed by atoms with Crippen LogP contribution in [0, 0.1) is 11.6 Å². The van der Waals surface area contributed by atoms with Crippen LogP contribution in [0.5, 0.6) is 0 Å². The van der Waals surface area contributed by atoms with Crippen LogP contribution in [0.2, 0.25) is 0 Å². The lowest BCUT2D eigenvalue weighted by Crippen LogP contribution is -2.47. The van der Waals surface area contributed by atoms with Gasteiger partial charge in [-0.3, -0.25) is 9.69 Å². The summed E-state index contributed by atoms with van der Waals surface area (Å²) < 4.78 is 49.2. The molecule has 4 aromatic heterocycles. The van der Waals surface area contributed by atoms with Crippen molar-refractivity contribution in [2.45, 2.75) is 6.54 Å². The van der Waals surface area contributed by atoms with Gasteiger partial charge in [0.1, 0.15) is 23.1 Å². The number of nitrogens with one attached hydrogen (secondary N) is 1. The van der Waals surface area contributed by atoms with Crippen LogP contribution in [-0.4, -0.2) is 91.0 Å². The summed E-state index contributed by atoms with van der Waals surface area (Å²) in [4.78, 5) is 21.0. The zero-order chi connectivity index (χ0) is 29.4. The molecule has 5 heterocycles. The largest absolute Gasteiger partial charge is 0.617 e. The molecule has 6 rings (SSSR count). The van der Waals surface area contributed by atoms with E-state index in [1.165, 1.54) is 12.3 Å². The third-order valence-corrected chi connectivity index (χ3v) is 8.08. The Bertz CT molecular complexity index is 1730. The smallest absolute Gasteiger partial charge is 0.254 e. The highest BCUT2D eigenvalue weighted by Crippen LogP contribution is 2.27. The van der Waals surface area contributed by atoms with E-state index in [-0.39, 0.29) is 29.5 Å². The van der Waals surface area contributed by atoms with Crippen LogP contribution in [0.1, 0.15) is 10.4 Å². The maximum Gasteiger partial charge on any atom is 0.254 e. The molecule has 0 aliphatic carbocycles. The maximum atomic E-state index is 14.7. The first-order valence-electron chi connectivity index (χ1n) is 13.4. The van der Waals surface area contributed by atoms with Crippen LogP contribution in [0.25, 0.3) is 28.0 Å². The first-order valence-corrected chi connectivity index (χ1v) is 15.1. The number of carbonyl (C=O) groups excluding carboxylic acids is 1. The summed E-state index contributed by atoms with van der Waals surface area (Å²) in [6.45, 7) is 3.63. The monoisotopic (exact) mass is 597 g/mol. The topological polar surface area (TPSA) is 146 Å². The average molecular weight is 598 g/mol. The summed E-state index contributed by atoms with van der Waals surface area (Å²) >= 11 is -1.09. The number of halogens is 2. The number of hydrogen-bond acceptors (Lipinski definition) is 9. The van der Waals surface area contributed by atoms with Crippen LogP contribution in [0.4, 0.5) is 20.4 Å². The molecule has 0 spiro atoms. The Balaban J connectivity index is 1.10. The Hall–Kier alpha value is -4.21. The maximum absolute atomic E-state index is 14.7. The van der Waals surface area contributed by atoms with E-state index in [4.69, 9.17) is 10.2 Å². The third kappa shape index (κ3) is 5.49. The fourth-order valence-corrected chi connectivity index (χ4v) is 5.48. The zero-order valence-corrected chi connectivity index (χ0v) is 23.6. The molecular weight excluding hydrogens is 568 g/mol. The van der Waals surface area contributed by atoms with Gasteiger partial charge in [0.2, 0.25) is 5.95 Å². The minimum atomic E-state index is -1.09. The Kier molecular flexibility index (Phi) is 7.70. The van der Waals surface area contributed by atoms with Gasteiger partial charge in [0.25, 0.3) is 5.91 Å². The second kappa shape index (κ2) is 11.6. The lowest BCUT2D eigenvalue weighted by atomic mass is 10.1.